The molecule has 1 atom stereocenters. The minimum absolute atomic E-state index is 0.0261. The third-order valence-electron chi connectivity index (χ3n) is 3.26. The van der Waals surface area contributed by atoms with Gasteiger partial charge < -0.3 is 10.2 Å². The first-order valence-corrected chi connectivity index (χ1v) is 4.66. The predicted octanol–water partition coefficient (Wildman–Crippen LogP) is -0.114. The molecule has 1 saturated heterocycles. The van der Waals surface area contributed by atoms with E-state index in [1.807, 2.05) is 0 Å². The molecule has 1 aliphatic carbocycles. The van der Waals surface area contributed by atoms with Crippen LogP contribution >= 0.6 is 0 Å². The smallest absolute Gasteiger partial charge is 0.248 e. The number of hydrogen-bond acceptors (Lipinski definition) is 2. The molecule has 1 aliphatic heterocycles. The van der Waals surface area contributed by atoms with Crippen LogP contribution in [0.1, 0.15) is 26.2 Å². The van der Waals surface area contributed by atoms with E-state index in [0.29, 0.717) is 0 Å². The number of likely N-dealkylation sites (N-methyl/N-ethyl adjacent to an activating group) is 1. The fourth-order valence-electron chi connectivity index (χ4n) is 1.95. The molecule has 0 aromatic heterocycles. The van der Waals surface area contributed by atoms with Crippen LogP contribution in [0.3, 0.4) is 0 Å². The first-order chi connectivity index (χ1) is 6.07. The van der Waals surface area contributed by atoms with Crippen molar-refractivity contribution in [3.63, 3.8) is 0 Å². The molecule has 1 heterocycles. The van der Waals surface area contributed by atoms with Crippen molar-refractivity contribution in [1.29, 1.82) is 0 Å². The SMILES string of the molecule is CC1C(=O)NC2(CCC2)C(=O)N1C. The molecule has 1 N–H and O–H groups in total. The molecule has 0 bridgehead atoms. The number of carbonyl (C=O) groups excluding carboxylic acids is 2. The maximum absolute atomic E-state index is 11.8. The second kappa shape index (κ2) is 2.47. The predicted molar refractivity (Wildman–Crippen MR) is 47.0 cm³/mol. The largest absolute Gasteiger partial charge is 0.340 e. The standard InChI is InChI=1S/C9H14N2O2/c1-6-7(12)10-9(4-3-5-9)8(13)11(6)2/h6H,3-5H2,1-2H3,(H,10,12). The Bertz CT molecular complexity index is 271. The Morgan fingerprint density at radius 3 is 2.54 bits per heavy atom. The van der Waals surface area contributed by atoms with E-state index >= 15 is 0 Å². The first-order valence-electron chi connectivity index (χ1n) is 4.66. The maximum atomic E-state index is 11.8. The Labute approximate surface area is 77.3 Å². The van der Waals surface area contributed by atoms with Gasteiger partial charge in [0.1, 0.15) is 11.6 Å². The van der Waals surface area contributed by atoms with Crippen LogP contribution in [0.15, 0.2) is 0 Å². The summed E-state index contributed by atoms with van der Waals surface area (Å²) >= 11 is 0. The Morgan fingerprint density at radius 1 is 1.46 bits per heavy atom. The van der Waals surface area contributed by atoms with E-state index in [2.05, 4.69) is 5.32 Å². The quantitative estimate of drug-likeness (QED) is 0.568. The lowest BCUT2D eigenvalue weighted by Crippen LogP contribution is -2.71. The molecule has 4 nitrogen and oxygen atoms in total. The Morgan fingerprint density at radius 2 is 2.08 bits per heavy atom. The van der Waals surface area contributed by atoms with Crippen LogP contribution in [0.25, 0.3) is 0 Å². The van der Waals surface area contributed by atoms with Crippen LogP contribution in [-0.4, -0.2) is 35.3 Å². The number of piperazine rings is 1. The topological polar surface area (TPSA) is 49.4 Å². The molecule has 1 spiro atoms. The molecule has 0 aromatic rings. The first kappa shape index (κ1) is 8.53. The third kappa shape index (κ3) is 0.975. The van der Waals surface area contributed by atoms with E-state index in [0.717, 1.165) is 19.3 Å². The minimum Gasteiger partial charge on any atom is -0.340 e. The van der Waals surface area contributed by atoms with Crippen molar-refractivity contribution in [2.24, 2.45) is 0 Å². The summed E-state index contributed by atoms with van der Waals surface area (Å²) in [6, 6.07) is -0.321. The van der Waals surface area contributed by atoms with Crippen molar-refractivity contribution in [2.75, 3.05) is 7.05 Å². The number of carbonyl (C=O) groups is 2. The highest BCUT2D eigenvalue weighted by Crippen LogP contribution is 2.35. The van der Waals surface area contributed by atoms with E-state index in [4.69, 9.17) is 0 Å². The summed E-state index contributed by atoms with van der Waals surface area (Å²) in [5, 5.41) is 2.83. The zero-order chi connectivity index (χ0) is 9.64. The fraction of sp³-hybridized carbons (Fsp3) is 0.778. The summed E-state index contributed by atoms with van der Waals surface area (Å²) in [4.78, 5) is 24.8. The third-order valence-corrected chi connectivity index (χ3v) is 3.26. The second-order valence-electron chi connectivity index (χ2n) is 4.02. The van der Waals surface area contributed by atoms with Gasteiger partial charge in [0.05, 0.1) is 0 Å². The van der Waals surface area contributed by atoms with Crippen molar-refractivity contribution in [3.8, 4) is 0 Å². The minimum atomic E-state index is -0.529. The van der Waals surface area contributed by atoms with E-state index in [1.165, 1.54) is 0 Å². The molecule has 2 aliphatic rings. The van der Waals surface area contributed by atoms with Crippen LogP contribution in [-0.2, 0) is 9.59 Å². The lowest BCUT2D eigenvalue weighted by atomic mass is 9.74. The lowest BCUT2D eigenvalue weighted by Gasteiger charge is -2.48. The van der Waals surface area contributed by atoms with Crippen molar-refractivity contribution < 1.29 is 9.59 Å². The van der Waals surface area contributed by atoms with Crippen molar-refractivity contribution in [1.82, 2.24) is 10.2 Å². The molecular weight excluding hydrogens is 168 g/mol. The lowest BCUT2D eigenvalue weighted by molar-refractivity contribution is -0.156. The highest BCUT2D eigenvalue weighted by molar-refractivity contribution is 6.00. The highest BCUT2D eigenvalue weighted by atomic mass is 16.2. The van der Waals surface area contributed by atoms with Gasteiger partial charge in [0.2, 0.25) is 11.8 Å². The molecular formula is C9H14N2O2. The summed E-state index contributed by atoms with van der Waals surface area (Å²) in [6.07, 6.45) is 2.64. The molecule has 2 rings (SSSR count). The summed E-state index contributed by atoms with van der Waals surface area (Å²) in [6.45, 7) is 1.75. The number of nitrogens with zero attached hydrogens (tertiary/aromatic N) is 1. The number of rotatable bonds is 0. The zero-order valence-electron chi connectivity index (χ0n) is 7.96. The highest BCUT2D eigenvalue weighted by Gasteiger charge is 2.51. The molecule has 1 saturated carbocycles. The molecule has 2 fully saturated rings. The summed E-state index contributed by atoms with van der Waals surface area (Å²) in [7, 11) is 1.70. The van der Waals surface area contributed by atoms with Crippen LogP contribution in [0.5, 0.6) is 0 Å². The molecule has 0 aromatic carbocycles. The summed E-state index contributed by atoms with van der Waals surface area (Å²) in [5.74, 6) is 0.0488. The van der Waals surface area contributed by atoms with Crippen LogP contribution in [0.4, 0.5) is 0 Å². The van der Waals surface area contributed by atoms with E-state index in [9.17, 15) is 9.59 Å². The monoisotopic (exact) mass is 182 g/mol. The van der Waals surface area contributed by atoms with E-state index in [1.54, 1.807) is 18.9 Å². The van der Waals surface area contributed by atoms with Crippen molar-refractivity contribution >= 4 is 11.8 Å². The second-order valence-corrected chi connectivity index (χ2v) is 4.02. The van der Waals surface area contributed by atoms with Gasteiger partial charge in [-0.25, -0.2) is 0 Å². The van der Waals surface area contributed by atoms with Gasteiger partial charge in [0, 0.05) is 7.05 Å². The van der Waals surface area contributed by atoms with Gasteiger partial charge in [0.15, 0.2) is 0 Å². The summed E-state index contributed by atoms with van der Waals surface area (Å²) < 4.78 is 0. The molecule has 1 unspecified atom stereocenters. The number of amides is 2. The maximum Gasteiger partial charge on any atom is 0.248 e. The average Bonchev–Trinajstić information content (AvgIpc) is 2.05. The van der Waals surface area contributed by atoms with Crippen LogP contribution < -0.4 is 5.32 Å². The molecule has 4 heteroatoms. The Hall–Kier alpha value is -1.06. The Kier molecular flexibility index (Phi) is 1.62. The summed E-state index contributed by atoms with van der Waals surface area (Å²) in [5.41, 5.74) is -0.529. The van der Waals surface area contributed by atoms with Gasteiger partial charge in [-0.05, 0) is 26.2 Å². The number of hydrogen-bond donors (Lipinski definition) is 1. The van der Waals surface area contributed by atoms with Crippen LogP contribution in [0.2, 0.25) is 0 Å². The molecule has 0 radical (unpaired) electrons. The van der Waals surface area contributed by atoms with E-state index in [-0.39, 0.29) is 17.9 Å². The van der Waals surface area contributed by atoms with Gasteiger partial charge in [-0.3, -0.25) is 9.59 Å². The average molecular weight is 182 g/mol. The van der Waals surface area contributed by atoms with E-state index < -0.39 is 5.54 Å². The van der Waals surface area contributed by atoms with Gasteiger partial charge in [-0.1, -0.05) is 0 Å². The Balaban J connectivity index is 2.25. The van der Waals surface area contributed by atoms with Crippen molar-refractivity contribution in [3.05, 3.63) is 0 Å². The van der Waals surface area contributed by atoms with Crippen molar-refractivity contribution in [2.45, 2.75) is 37.8 Å². The molecule has 72 valence electrons. The van der Waals surface area contributed by atoms with Gasteiger partial charge in [-0.2, -0.15) is 0 Å². The zero-order valence-corrected chi connectivity index (χ0v) is 7.96. The molecule has 2 amide bonds. The fourth-order valence-corrected chi connectivity index (χ4v) is 1.95. The van der Waals surface area contributed by atoms with Gasteiger partial charge in [0.25, 0.3) is 0 Å². The van der Waals surface area contributed by atoms with Gasteiger partial charge in [-0.15, -0.1) is 0 Å². The van der Waals surface area contributed by atoms with Gasteiger partial charge >= 0.3 is 0 Å². The number of nitrogens with one attached hydrogen (secondary N) is 1. The molecule has 13 heavy (non-hydrogen) atoms. The van der Waals surface area contributed by atoms with Crippen LogP contribution in [0, 0.1) is 0 Å². The normalized spacial score (nSPS) is 31.5.